The molecule has 4 nitrogen and oxygen atoms in total. The monoisotopic (exact) mass is 854 g/mol. The van der Waals surface area contributed by atoms with Crippen molar-refractivity contribution in [3.63, 3.8) is 0 Å². The molecule has 67 heavy (non-hydrogen) atoms. The maximum absolute atomic E-state index is 5.02. The van der Waals surface area contributed by atoms with E-state index >= 15 is 0 Å². The van der Waals surface area contributed by atoms with Crippen molar-refractivity contribution in [2.75, 3.05) is 0 Å². The number of aromatic nitrogens is 4. The summed E-state index contributed by atoms with van der Waals surface area (Å²) in [6.07, 6.45) is 0. The molecule has 0 aliphatic carbocycles. The molecule has 314 valence electrons. The number of hydrogen-bond donors (Lipinski definition) is 0. The molecule has 0 fully saturated rings. The molecule has 2 aromatic heterocycles. The highest BCUT2D eigenvalue weighted by Gasteiger charge is 2.20. The van der Waals surface area contributed by atoms with Crippen molar-refractivity contribution in [1.82, 2.24) is 19.5 Å². The summed E-state index contributed by atoms with van der Waals surface area (Å²) in [4.78, 5) is 14.9. The van der Waals surface area contributed by atoms with Crippen LogP contribution >= 0.6 is 0 Å². The van der Waals surface area contributed by atoms with Crippen molar-refractivity contribution in [2.45, 2.75) is 0 Å². The Balaban J connectivity index is 0.996. The first-order valence-corrected chi connectivity index (χ1v) is 22.7. The summed E-state index contributed by atoms with van der Waals surface area (Å²) in [5, 5.41) is 2.45. The summed E-state index contributed by atoms with van der Waals surface area (Å²) >= 11 is 0. The van der Waals surface area contributed by atoms with Crippen LogP contribution in [0.1, 0.15) is 0 Å². The minimum Gasteiger partial charge on any atom is -0.309 e. The van der Waals surface area contributed by atoms with Crippen LogP contribution in [0.15, 0.2) is 255 Å². The van der Waals surface area contributed by atoms with Gasteiger partial charge in [-0.25, -0.2) is 15.0 Å². The quantitative estimate of drug-likeness (QED) is 0.145. The lowest BCUT2D eigenvalue weighted by Gasteiger charge is -2.19. The third-order valence-electron chi connectivity index (χ3n) is 12.7. The maximum Gasteiger partial charge on any atom is 0.164 e. The highest BCUT2D eigenvalue weighted by molar-refractivity contribution is 6.11. The van der Waals surface area contributed by atoms with E-state index in [1.165, 1.54) is 49.6 Å². The van der Waals surface area contributed by atoms with Crippen LogP contribution in [0.25, 0.3) is 117 Å². The zero-order valence-electron chi connectivity index (χ0n) is 36.5. The summed E-state index contributed by atoms with van der Waals surface area (Å²) in [6.45, 7) is 0. The molecule has 12 rings (SSSR count). The second kappa shape index (κ2) is 17.2. The molecule has 2 heterocycles. The van der Waals surface area contributed by atoms with E-state index in [-0.39, 0.29) is 0 Å². The molecule has 0 spiro atoms. The first-order chi connectivity index (χ1) is 33.2. The number of nitrogens with zero attached hydrogens (tertiary/aromatic N) is 4. The van der Waals surface area contributed by atoms with Gasteiger partial charge in [-0.2, -0.15) is 0 Å². The van der Waals surface area contributed by atoms with E-state index in [4.69, 9.17) is 15.0 Å². The van der Waals surface area contributed by atoms with Gasteiger partial charge in [-0.05, 0) is 104 Å². The Labute approximate surface area is 389 Å². The van der Waals surface area contributed by atoms with Gasteiger partial charge in [0.2, 0.25) is 0 Å². The fourth-order valence-electron chi connectivity index (χ4n) is 9.42. The molecule has 0 saturated heterocycles. The molecular formula is C63H42N4. The molecule has 0 N–H and O–H groups in total. The minimum atomic E-state index is 0.631. The molecule has 0 aliphatic heterocycles. The second-order valence-corrected chi connectivity index (χ2v) is 16.8. The van der Waals surface area contributed by atoms with E-state index < -0.39 is 0 Å². The van der Waals surface area contributed by atoms with Gasteiger partial charge in [-0.1, -0.05) is 206 Å². The van der Waals surface area contributed by atoms with Gasteiger partial charge in [0.1, 0.15) is 0 Å². The van der Waals surface area contributed by atoms with Crippen LogP contribution in [0.2, 0.25) is 0 Å². The number of para-hydroxylation sites is 2. The molecular weight excluding hydrogens is 813 g/mol. The molecule has 4 heteroatoms. The van der Waals surface area contributed by atoms with E-state index in [9.17, 15) is 0 Å². The van der Waals surface area contributed by atoms with Crippen LogP contribution in [-0.4, -0.2) is 19.5 Å². The van der Waals surface area contributed by atoms with E-state index in [0.29, 0.717) is 17.5 Å². The Kier molecular flexibility index (Phi) is 10.2. The number of benzene rings is 10. The summed E-state index contributed by atoms with van der Waals surface area (Å²) in [7, 11) is 0. The van der Waals surface area contributed by atoms with Gasteiger partial charge in [0, 0.05) is 33.2 Å². The Morgan fingerprint density at radius 2 is 0.672 bits per heavy atom. The number of fused-ring (bicyclic) bond motifs is 3. The lowest BCUT2D eigenvalue weighted by Crippen LogP contribution is -2.00. The van der Waals surface area contributed by atoms with Crippen molar-refractivity contribution < 1.29 is 0 Å². The van der Waals surface area contributed by atoms with Crippen molar-refractivity contribution in [1.29, 1.82) is 0 Å². The summed E-state index contributed by atoms with van der Waals surface area (Å²) < 4.78 is 2.38. The van der Waals surface area contributed by atoms with Crippen molar-refractivity contribution in [2.24, 2.45) is 0 Å². The van der Waals surface area contributed by atoms with Gasteiger partial charge in [-0.3, -0.25) is 0 Å². The SMILES string of the molecule is c1ccc(-c2cc(-c3ccc(-c4cccc(-c5nc(-c6ccccc6)nc(-c6ccccc6)n5)c4)cc3)c(-c3ccccc3)c(-c3ccc4c(c3)c3ccccc3n4-c3ccccc3)c2)cc1. The van der Waals surface area contributed by atoms with Gasteiger partial charge in [-0.15, -0.1) is 0 Å². The Morgan fingerprint density at radius 1 is 0.239 bits per heavy atom. The number of hydrogen-bond acceptors (Lipinski definition) is 3. The van der Waals surface area contributed by atoms with Gasteiger partial charge in [0.25, 0.3) is 0 Å². The van der Waals surface area contributed by atoms with Gasteiger partial charge >= 0.3 is 0 Å². The second-order valence-electron chi connectivity index (χ2n) is 16.8. The summed E-state index contributed by atoms with van der Waals surface area (Å²) in [5.41, 5.74) is 17.9. The lowest BCUT2D eigenvalue weighted by molar-refractivity contribution is 1.07. The van der Waals surface area contributed by atoms with Crippen molar-refractivity contribution in [3.05, 3.63) is 255 Å². The van der Waals surface area contributed by atoms with Crippen LogP contribution < -0.4 is 0 Å². The Bertz CT molecular complexity index is 3640. The predicted molar refractivity (Wildman–Crippen MR) is 278 cm³/mol. The van der Waals surface area contributed by atoms with Crippen LogP contribution in [0.5, 0.6) is 0 Å². The molecule has 0 atom stereocenters. The fourth-order valence-corrected chi connectivity index (χ4v) is 9.42. The standard InChI is InChI=1S/C63H42N4/c1-6-19-43(20-7-1)52-41-55(60(46-21-8-2-9-22-46)56(42-52)50-37-38-59-57(40-50)54-31-16-17-32-58(54)67(59)53-29-14-5-15-30-53)45-35-33-44(34-36-45)49-27-18-28-51(39-49)63-65-61(47-23-10-3-11-24-47)64-62(66-63)48-25-12-4-13-26-48/h1-42H. The van der Waals surface area contributed by atoms with Gasteiger partial charge in [0.05, 0.1) is 11.0 Å². The first kappa shape index (κ1) is 39.6. The average Bonchev–Trinajstić information content (AvgIpc) is 3.75. The highest BCUT2D eigenvalue weighted by Crippen LogP contribution is 2.45. The van der Waals surface area contributed by atoms with Gasteiger partial charge < -0.3 is 4.57 Å². The van der Waals surface area contributed by atoms with Crippen LogP contribution in [-0.2, 0) is 0 Å². The van der Waals surface area contributed by atoms with Crippen molar-refractivity contribution >= 4 is 21.8 Å². The molecule has 12 aromatic rings. The van der Waals surface area contributed by atoms with Gasteiger partial charge in [0.15, 0.2) is 17.5 Å². The Hall–Kier alpha value is -8.99. The normalized spacial score (nSPS) is 11.3. The number of rotatable bonds is 9. The Morgan fingerprint density at radius 3 is 1.30 bits per heavy atom. The molecule has 0 radical (unpaired) electrons. The lowest BCUT2D eigenvalue weighted by atomic mass is 9.84. The molecule has 0 amide bonds. The largest absolute Gasteiger partial charge is 0.309 e. The zero-order chi connectivity index (χ0) is 44.5. The maximum atomic E-state index is 5.02. The summed E-state index contributed by atoms with van der Waals surface area (Å²) in [5.74, 6) is 1.92. The van der Waals surface area contributed by atoms with E-state index in [0.717, 1.165) is 50.2 Å². The molecule has 0 saturated carbocycles. The molecule has 0 unspecified atom stereocenters. The van der Waals surface area contributed by atoms with E-state index in [1.807, 2.05) is 60.7 Å². The average molecular weight is 855 g/mol. The highest BCUT2D eigenvalue weighted by atomic mass is 15.0. The smallest absolute Gasteiger partial charge is 0.164 e. The molecule has 0 bridgehead atoms. The first-order valence-electron chi connectivity index (χ1n) is 22.7. The van der Waals surface area contributed by atoms with E-state index in [2.05, 4.69) is 199 Å². The van der Waals surface area contributed by atoms with Crippen molar-refractivity contribution in [3.8, 4) is 95.5 Å². The fraction of sp³-hybridized carbons (Fsp3) is 0. The van der Waals surface area contributed by atoms with Crippen LogP contribution in [0, 0.1) is 0 Å². The van der Waals surface area contributed by atoms with Crippen LogP contribution in [0.4, 0.5) is 0 Å². The minimum absolute atomic E-state index is 0.631. The molecule has 0 aliphatic rings. The van der Waals surface area contributed by atoms with Crippen LogP contribution in [0.3, 0.4) is 0 Å². The summed E-state index contributed by atoms with van der Waals surface area (Å²) in [6, 6.07) is 90.4. The predicted octanol–water partition coefficient (Wildman–Crippen LogP) is 16.3. The third-order valence-corrected chi connectivity index (χ3v) is 12.7. The van der Waals surface area contributed by atoms with E-state index in [1.54, 1.807) is 0 Å². The zero-order valence-corrected chi connectivity index (χ0v) is 36.5. The third kappa shape index (κ3) is 7.57. The topological polar surface area (TPSA) is 43.6 Å². The molecule has 10 aromatic carbocycles.